The lowest BCUT2D eigenvalue weighted by atomic mass is 10.2. The van der Waals surface area contributed by atoms with Crippen LogP contribution in [0.1, 0.15) is 11.5 Å². The first-order valence-electron chi connectivity index (χ1n) is 6.08. The largest absolute Gasteiger partial charge is 0.399 e. The zero-order valence-corrected chi connectivity index (χ0v) is 10.9. The minimum atomic E-state index is 0.424. The van der Waals surface area contributed by atoms with Crippen LogP contribution >= 0.6 is 0 Å². The Morgan fingerprint density at radius 3 is 2.90 bits per heavy atom. The third-order valence-electron chi connectivity index (χ3n) is 2.71. The van der Waals surface area contributed by atoms with Crippen molar-refractivity contribution in [3.05, 3.63) is 48.0 Å². The standard InChI is InChI=1S/C14H13N5O/c1-19-8-7-12(17-19)14-16-13(20-18-14)6-5-10-3-2-4-11(15)9-10/h2-9H,15H2,1H3/b6-5+. The van der Waals surface area contributed by atoms with E-state index >= 15 is 0 Å². The molecule has 6 heteroatoms. The van der Waals surface area contributed by atoms with E-state index in [1.807, 2.05) is 49.7 Å². The van der Waals surface area contributed by atoms with Gasteiger partial charge in [0.05, 0.1) is 0 Å². The van der Waals surface area contributed by atoms with Crippen molar-refractivity contribution in [2.75, 3.05) is 5.73 Å². The number of nitrogens with two attached hydrogens (primary N) is 1. The molecule has 6 nitrogen and oxygen atoms in total. The molecule has 0 saturated heterocycles. The second-order valence-electron chi connectivity index (χ2n) is 4.33. The maximum atomic E-state index is 5.71. The number of anilines is 1. The Morgan fingerprint density at radius 2 is 2.15 bits per heavy atom. The van der Waals surface area contributed by atoms with Gasteiger partial charge in [-0.3, -0.25) is 4.68 Å². The molecule has 20 heavy (non-hydrogen) atoms. The van der Waals surface area contributed by atoms with Gasteiger partial charge in [0.1, 0.15) is 5.69 Å². The number of rotatable bonds is 3. The van der Waals surface area contributed by atoms with E-state index in [2.05, 4.69) is 15.2 Å². The van der Waals surface area contributed by atoms with Gasteiger partial charge in [-0.2, -0.15) is 10.1 Å². The van der Waals surface area contributed by atoms with Crippen molar-refractivity contribution >= 4 is 17.8 Å². The summed E-state index contributed by atoms with van der Waals surface area (Å²) in [5.74, 6) is 0.894. The SMILES string of the molecule is Cn1ccc(-c2noc(/C=C/c3cccc(N)c3)n2)n1. The predicted octanol–water partition coefficient (Wildman–Crippen LogP) is 2.22. The van der Waals surface area contributed by atoms with E-state index in [-0.39, 0.29) is 0 Å². The van der Waals surface area contributed by atoms with Crippen LogP contribution in [0, 0.1) is 0 Å². The highest BCUT2D eigenvalue weighted by Gasteiger charge is 2.08. The van der Waals surface area contributed by atoms with E-state index in [1.165, 1.54) is 0 Å². The maximum Gasteiger partial charge on any atom is 0.251 e. The number of benzene rings is 1. The van der Waals surface area contributed by atoms with Gasteiger partial charge in [0.25, 0.3) is 5.89 Å². The van der Waals surface area contributed by atoms with Crippen LogP contribution in [0.2, 0.25) is 0 Å². The fourth-order valence-corrected chi connectivity index (χ4v) is 1.77. The first-order valence-corrected chi connectivity index (χ1v) is 6.08. The molecule has 0 amide bonds. The van der Waals surface area contributed by atoms with Gasteiger partial charge < -0.3 is 10.3 Å². The Balaban J connectivity index is 1.80. The average Bonchev–Trinajstić information content (AvgIpc) is 3.05. The summed E-state index contributed by atoms with van der Waals surface area (Å²) in [5, 5.41) is 8.11. The Hall–Kier alpha value is -2.89. The quantitative estimate of drug-likeness (QED) is 0.736. The molecule has 2 heterocycles. The minimum Gasteiger partial charge on any atom is -0.399 e. The molecule has 0 fully saturated rings. The Labute approximate surface area is 115 Å². The van der Waals surface area contributed by atoms with Gasteiger partial charge in [-0.15, -0.1) is 0 Å². The molecule has 0 aliphatic heterocycles. The molecule has 100 valence electrons. The third-order valence-corrected chi connectivity index (χ3v) is 2.71. The molecule has 3 rings (SSSR count). The van der Waals surface area contributed by atoms with E-state index in [9.17, 15) is 0 Å². The normalized spacial score (nSPS) is 11.2. The van der Waals surface area contributed by atoms with Crippen LogP contribution in [0.15, 0.2) is 41.1 Å². The molecule has 1 aromatic carbocycles. The first-order chi connectivity index (χ1) is 9.70. The van der Waals surface area contributed by atoms with Crippen molar-refractivity contribution in [3.63, 3.8) is 0 Å². The molecular formula is C14H13N5O. The highest BCUT2D eigenvalue weighted by Crippen LogP contribution is 2.15. The molecule has 0 unspecified atom stereocenters. The molecule has 0 bridgehead atoms. The van der Waals surface area contributed by atoms with Crippen LogP contribution in [0.5, 0.6) is 0 Å². The van der Waals surface area contributed by atoms with Gasteiger partial charge in [0.2, 0.25) is 5.82 Å². The number of aromatic nitrogens is 4. The Kier molecular flexibility index (Phi) is 3.04. The van der Waals surface area contributed by atoms with E-state index in [0.29, 0.717) is 23.1 Å². The second kappa shape index (κ2) is 5.00. The van der Waals surface area contributed by atoms with Crippen LogP contribution in [-0.4, -0.2) is 19.9 Å². The summed E-state index contributed by atoms with van der Waals surface area (Å²) in [4.78, 5) is 4.26. The molecular weight excluding hydrogens is 254 g/mol. The van der Waals surface area contributed by atoms with E-state index in [0.717, 1.165) is 5.56 Å². The Morgan fingerprint density at radius 1 is 1.25 bits per heavy atom. The number of nitrogen functional groups attached to an aromatic ring is 1. The van der Waals surface area contributed by atoms with Crippen LogP contribution in [0.25, 0.3) is 23.7 Å². The van der Waals surface area contributed by atoms with E-state index in [4.69, 9.17) is 10.3 Å². The van der Waals surface area contributed by atoms with Gasteiger partial charge in [0.15, 0.2) is 0 Å². The lowest BCUT2D eigenvalue weighted by molar-refractivity contribution is 0.411. The molecule has 0 spiro atoms. The van der Waals surface area contributed by atoms with Crippen LogP contribution in [0.4, 0.5) is 5.69 Å². The van der Waals surface area contributed by atoms with Crippen LogP contribution < -0.4 is 5.73 Å². The Bertz CT molecular complexity index is 756. The summed E-state index contributed by atoms with van der Waals surface area (Å²) >= 11 is 0. The highest BCUT2D eigenvalue weighted by molar-refractivity contribution is 5.68. The monoisotopic (exact) mass is 267 g/mol. The molecule has 0 aliphatic rings. The fraction of sp³-hybridized carbons (Fsp3) is 0.0714. The summed E-state index contributed by atoms with van der Waals surface area (Å²) in [6, 6.07) is 9.37. The number of hydrogen-bond acceptors (Lipinski definition) is 5. The molecule has 2 aromatic heterocycles. The molecule has 3 aromatic rings. The summed E-state index contributed by atoms with van der Waals surface area (Å²) < 4.78 is 6.84. The average molecular weight is 267 g/mol. The van der Waals surface area contributed by atoms with Crippen molar-refractivity contribution in [2.45, 2.75) is 0 Å². The molecule has 0 atom stereocenters. The van der Waals surface area contributed by atoms with Gasteiger partial charge >= 0.3 is 0 Å². The fourth-order valence-electron chi connectivity index (χ4n) is 1.77. The van der Waals surface area contributed by atoms with Crippen molar-refractivity contribution in [3.8, 4) is 11.5 Å². The summed E-state index contributed by atoms with van der Waals surface area (Å²) in [7, 11) is 1.84. The highest BCUT2D eigenvalue weighted by atomic mass is 16.5. The number of aryl methyl sites for hydroxylation is 1. The third kappa shape index (κ3) is 2.59. The van der Waals surface area contributed by atoms with Gasteiger partial charge in [-0.25, -0.2) is 0 Å². The molecule has 0 saturated carbocycles. The van der Waals surface area contributed by atoms with Gasteiger partial charge in [0, 0.05) is 25.0 Å². The van der Waals surface area contributed by atoms with E-state index in [1.54, 1.807) is 10.8 Å². The van der Waals surface area contributed by atoms with Crippen molar-refractivity contribution in [1.82, 2.24) is 19.9 Å². The minimum absolute atomic E-state index is 0.424. The molecule has 2 N–H and O–H groups in total. The molecule has 0 radical (unpaired) electrons. The lowest BCUT2D eigenvalue weighted by Crippen LogP contribution is -1.88. The van der Waals surface area contributed by atoms with Gasteiger partial charge in [-0.1, -0.05) is 17.3 Å². The maximum absolute atomic E-state index is 5.71. The van der Waals surface area contributed by atoms with Crippen molar-refractivity contribution in [1.29, 1.82) is 0 Å². The molecule has 0 aliphatic carbocycles. The zero-order valence-electron chi connectivity index (χ0n) is 10.9. The summed E-state index contributed by atoms with van der Waals surface area (Å²) in [6.45, 7) is 0. The van der Waals surface area contributed by atoms with Crippen molar-refractivity contribution in [2.24, 2.45) is 7.05 Å². The van der Waals surface area contributed by atoms with Crippen LogP contribution in [-0.2, 0) is 7.05 Å². The number of hydrogen-bond donors (Lipinski definition) is 1. The van der Waals surface area contributed by atoms with E-state index < -0.39 is 0 Å². The van der Waals surface area contributed by atoms with Crippen LogP contribution in [0.3, 0.4) is 0 Å². The topological polar surface area (TPSA) is 82.8 Å². The zero-order chi connectivity index (χ0) is 13.9. The summed E-state index contributed by atoms with van der Waals surface area (Å²) in [5.41, 5.74) is 8.08. The smallest absolute Gasteiger partial charge is 0.251 e. The number of nitrogens with zero attached hydrogens (tertiary/aromatic N) is 4. The van der Waals surface area contributed by atoms with Gasteiger partial charge in [-0.05, 0) is 29.8 Å². The predicted molar refractivity (Wildman–Crippen MR) is 76.3 cm³/mol. The first kappa shape index (κ1) is 12.2. The second-order valence-corrected chi connectivity index (χ2v) is 4.33. The lowest BCUT2D eigenvalue weighted by Gasteiger charge is -1.94. The van der Waals surface area contributed by atoms with Crippen molar-refractivity contribution < 1.29 is 4.52 Å². The summed E-state index contributed by atoms with van der Waals surface area (Å²) in [6.07, 6.45) is 5.44.